The molecule has 2 heterocycles. The van der Waals surface area contributed by atoms with Gasteiger partial charge in [-0.15, -0.1) is 0 Å². The molecule has 1 N–H and O–H groups in total. The first kappa shape index (κ1) is 17.7. The molecule has 1 atom stereocenters. The van der Waals surface area contributed by atoms with Crippen molar-refractivity contribution >= 4 is 36.7 Å². The summed E-state index contributed by atoms with van der Waals surface area (Å²) in [5, 5.41) is 5.10. The van der Waals surface area contributed by atoms with Gasteiger partial charge in [0, 0.05) is 22.8 Å². The zero-order valence-corrected chi connectivity index (χ0v) is 16.2. The molecule has 0 saturated heterocycles. The Kier molecular flexibility index (Phi) is 4.62. The maximum absolute atomic E-state index is 13.5. The van der Waals surface area contributed by atoms with Crippen LogP contribution in [0.25, 0.3) is 11.0 Å². The number of benzene rings is 2. The van der Waals surface area contributed by atoms with Crippen molar-refractivity contribution in [1.29, 1.82) is 0 Å². The molecule has 0 saturated carbocycles. The molecule has 136 valence electrons. The maximum Gasteiger partial charge on any atom is 0.206 e. The number of halogens is 2. The molecular weight excluding hydrogens is 421 g/mol. The van der Waals surface area contributed by atoms with E-state index < -0.39 is 15.7 Å². The first-order chi connectivity index (χ1) is 12.5. The van der Waals surface area contributed by atoms with Crippen LogP contribution in [0.3, 0.4) is 0 Å². The normalized spacial score (nSPS) is 17.4. The number of fused-ring (bicyclic) bond motifs is 3. The lowest BCUT2D eigenvalue weighted by molar-refractivity contribution is 0.400. The summed E-state index contributed by atoms with van der Waals surface area (Å²) in [6, 6.07) is 10.0. The van der Waals surface area contributed by atoms with Crippen LogP contribution in [0.5, 0.6) is 0 Å². The highest BCUT2D eigenvalue weighted by molar-refractivity contribution is 9.09. The molecule has 0 amide bonds. The predicted octanol–water partition coefficient (Wildman–Crippen LogP) is 4.38. The lowest BCUT2D eigenvalue weighted by Gasteiger charge is -2.22. The first-order valence-electron chi connectivity index (χ1n) is 8.36. The molecule has 1 aliphatic heterocycles. The molecule has 1 unspecified atom stereocenters. The molecule has 7 heteroatoms. The summed E-state index contributed by atoms with van der Waals surface area (Å²) in [5.41, 5.74) is 1.73. The third-order valence-electron chi connectivity index (χ3n) is 4.69. The maximum atomic E-state index is 13.5. The van der Waals surface area contributed by atoms with Gasteiger partial charge in [0.05, 0.1) is 15.8 Å². The molecular formula is C19H17BrFNO3S. The van der Waals surface area contributed by atoms with Crippen LogP contribution in [0.15, 0.2) is 56.7 Å². The number of nitrogens with one attached hydrogen (secondary N) is 1. The average Bonchev–Trinajstić information content (AvgIpc) is 3.01. The fraction of sp³-hybridized carbons (Fsp3) is 0.263. The quantitative estimate of drug-likeness (QED) is 0.615. The molecule has 4 nitrogen and oxygen atoms in total. The van der Waals surface area contributed by atoms with Gasteiger partial charge in [0.15, 0.2) is 0 Å². The largest absolute Gasteiger partial charge is 0.459 e. The predicted molar refractivity (Wildman–Crippen MR) is 101 cm³/mol. The van der Waals surface area contributed by atoms with Crippen LogP contribution >= 0.6 is 15.9 Å². The molecule has 2 aromatic carbocycles. The molecule has 4 rings (SSSR count). The van der Waals surface area contributed by atoms with E-state index in [1.807, 2.05) is 0 Å². The van der Waals surface area contributed by atoms with Crippen molar-refractivity contribution in [3.05, 3.63) is 59.6 Å². The van der Waals surface area contributed by atoms with E-state index in [0.29, 0.717) is 5.58 Å². The molecule has 0 bridgehead atoms. The highest BCUT2D eigenvalue weighted by Crippen LogP contribution is 2.36. The number of alkyl halides is 1. The molecule has 0 aliphatic carbocycles. The van der Waals surface area contributed by atoms with Crippen LogP contribution in [-0.4, -0.2) is 20.3 Å². The number of sulfone groups is 1. The Bertz CT molecular complexity index is 1080. The summed E-state index contributed by atoms with van der Waals surface area (Å²) >= 11 is 3.46. The van der Waals surface area contributed by atoms with Crippen LogP contribution < -0.4 is 5.32 Å². The Morgan fingerprint density at radius 2 is 2.00 bits per heavy atom. The number of hydrogen-bond donors (Lipinski definition) is 1. The van der Waals surface area contributed by atoms with E-state index in [9.17, 15) is 12.8 Å². The Morgan fingerprint density at radius 3 is 2.77 bits per heavy atom. The van der Waals surface area contributed by atoms with E-state index in [2.05, 4.69) is 21.2 Å². The van der Waals surface area contributed by atoms with Gasteiger partial charge in [-0.1, -0.05) is 22.0 Å². The Labute approximate surface area is 159 Å². The second-order valence-electron chi connectivity index (χ2n) is 6.30. The summed E-state index contributed by atoms with van der Waals surface area (Å²) < 4.78 is 45.2. The second kappa shape index (κ2) is 6.79. The minimum absolute atomic E-state index is 0.0481. The van der Waals surface area contributed by atoms with Gasteiger partial charge in [-0.2, -0.15) is 0 Å². The van der Waals surface area contributed by atoms with Crippen molar-refractivity contribution in [3.8, 4) is 0 Å². The number of hydrogen-bond acceptors (Lipinski definition) is 4. The summed E-state index contributed by atoms with van der Waals surface area (Å²) in [4.78, 5) is 0.0998. The van der Waals surface area contributed by atoms with Crippen LogP contribution in [-0.2, 0) is 16.3 Å². The van der Waals surface area contributed by atoms with Gasteiger partial charge in [-0.25, -0.2) is 12.8 Å². The Hall–Kier alpha value is -1.70. The van der Waals surface area contributed by atoms with Gasteiger partial charge in [-0.3, -0.25) is 0 Å². The molecule has 1 aliphatic rings. The van der Waals surface area contributed by atoms with Crippen molar-refractivity contribution in [2.24, 2.45) is 0 Å². The van der Waals surface area contributed by atoms with Crippen LogP contribution in [0, 0.1) is 5.82 Å². The van der Waals surface area contributed by atoms with Gasteiger partial charge in [0.25, 0.3) is 0 Å². The third-order valence-corrected chi connectivity index (χ3v) is 6.90. The average molecular weight is 438 g/mol. The summed E-state index contributed by atoms with van der Waals surface area (Å²) in [5.74, 6) is 0.308. The third kappa shape index (κ3) is 2.98. The lowest BCUT2D eigenvalue weighted by atomic mass is 9.98. The van der Waals surface area contributed by atoms with Crippen LogP contribution in [0.1, 0.15) is 23.8 Å². The first-order valence-corrected chi connectivity index (χ1v) is 11.0. The minimum atomic E-state index is -3.79. The topological polar surface area (TPSA) is 59.3 Å². The highest BCUT2D eigenvalue weighted by Gasteiger charge is 2.27. The van der Waals surface area contributed by atoms with Gasteiger partial charge < -0.3 is 9.73 Å². The Morgan fingerprint density at radius 1 is 1.19 bits per heavy atom. The van der Waals surface area contributed by atoms with Gasteiger partial charge >= 0.3 is 0 Å². The molecule has 0 spiro atoms. The highest BCUT2D eigenvalue weighted by atomic mass is 79.9. The SMILES string of the molecule is O=S(=O)(c1cccc(F)c1)c1ccc2oc3c(c2c1)CCNC3CCBr. The molecule has 0 radical (unpaired) electrons. The van der Waals surface area contributed by atoms with E-state index in [1.54, 1.807) is 12.1 Å². The van der Waals surface area contributed by atoms with Gasteiger partial charge in [0.1, 0.15) is 17.2 Å². The van der Waals surface area contributed by atoms with Gasteiger partial charge in [0.2, 0.25) is 9.84 Å². The fourth-order valence-electron chi connectivity index (χ4n) is 3.43. The second-order valence-corrected chi connectivity index (χ2v) is 9.04. The Balaban J connectivity index is 1.83. The van der Waals surface area contributed by atoms with Gasteiger partial charge in [-0.05, 0) is 49.2 Å². The van der Waals surface area contributed by atoms with E-state index in [0.717, 1.165) is 47.5 Å². The summed E-state index contributed by atoms with van der Waals surface area (Å²) in [7, 11) is -3.79. The number of rotatable bonds is 4. The molecule has 26 heavy (non-hydrogen) atoms. The molecule has 0 fully saturated rings. The van der Waals surface area contributed by atoms with Crippen molar-refractivity contribution in [1.82, 2.24) is 5.32 Å². The fourth-order valence-corrected chi connectivity index (χ4v) is 5.21. The molecule has 3 aromatic rings. The standard InChI is InChI=1S/C19H17BrFNO3S/c20-8-6-17-19-15(7-9-22-17)16-11-14(4-5-18(16)25-19)26(23,24)13-3-1-2-12(21)10-13/h1-5,10-11,17,22H,6-9H2. The van der Waals surface area contributed by atoms with E-state index in [-0.39, 0.29) is 15.8 Å². The zero-order chi connectivity index (χ0) is 18.3. The van der Waals surface area contributed by atoms with Crippen LogP contribution in [0.4, 0.5) is 4.39 Å². The van der Waals surface area contributed by atoms with E-state index in [4.69, 9.17) is 4.42 Å². The summed E-state index contributed by atoms with van der Waals surface area (Å²) in [6.45, 7) is 0.820. The minimum Gasteiger partial charge on any atom is -0.459 e. The smallest absolute Gasteiger partial charge is 0.206 e. The van der Waals surface area contributed by atoms with E-state index >= 15 is 0 Å². The lowest BCUT2D eigenvalue weighted by Crippen LogP contribution is -2.29. The summed E-state index contributed by atoms with van der Waals surface area (Å²) in [6.07, 6.45) is 1.67. The van der Waals surface area contributed by atoms with Crippen molar-refractivity contribution in [2.45, 2.75) is 28.7 Å². The van der Waals surface area contributed by atoms with Crippen molar-refractivity contribution < 1.29 is 17.2 Å². The van der Waals surface area contributed by atoms with Crippen LogP contribution in [0.2, 0.25) is 0 Å². The van der Waals surface area contributed by atoms with Crippen molar-refractivity contribution in [2.75, 3.05) is 11.9 Å². The van der Waals surface area contributed by atoms with E-state index in [1.165, 1.54) is 24.3 Å². The van der Waals surface area contributed by atoms with Crippen molar-refractivity contribution in [3.63, 3.8) is 0 Å². The molecule has 1 aromatic heterocycles. The number of furan rings is 1. The monoisotopic (exact) mass is 437 g/mol. The zero-order valence-electron chi connectivity index (χ0n) is 13.8.